The summed E-state index contributed by atoms with van der Waals surface area (Å²) in [4.78, 5) is 0.384. The molecule has 3 nitrogen and oxygen atoms in total. The highest BCUT2D eigenvalue weighted by Gasteiger charge is 2.36. The molecule has 0 unspecified atom stereocenters. The van der Waals surface area contributed by atoms with Gasteiger partial charge in [0.1, 0.15) is 0 Å². The number of alkyl halides is 1. The molecule has 5 heteroatoms. The minimum atomic E-state index is -3.32. The van der Waals surface area contributed by atoms with Crippen LogP contribution in [0.5, 0.6) is 0 Å². The van der Waals surface area contributed by atoms with E-state index in [1.54, 1.807) is 16.4 Å². The first-order chi connectivity index (χ1) is 8.59. The number of hydrogen-bond acceptors (Lipinski definition) is 2. The van der Waals surface area contributed by atoms with Gasteiger partial charge in [-0.25, -0.2) is 8.42 Å². The maximum atomic E-state index is 12.4. The van der Waals surface area contributed by atoms with Crippen LogP contribution in [0.15, 0.2) is 29.2 Å². The summed E-state index contributed by atoms with van der Waals surface area (Å²) in [5, 5.41) is 0. The van der Waals surface area contributed by atoms with Gasteiger partial charge in [0.15, 0.2) is 0 Å². The van der Waals surface area contributed by atoms with E-state index in [0.29, 0.717) is 17.3 Å². The normalized spacial score (nSPS) is 16.2. The van der Waals surface area contributed by atoms with Crippen LogP contribution in [0, 0.1) is 0 Å². The summed E-state index contributed by atoms with van der Waals surface area (Å²) in [7, 11) is -3.32. The van der Waals surface area contributed by atoms with Crippen LogP contribution in [0.25, 0.3) is 0 Å². The molecule has 1 aliphatic carbocycles. The summed E-state index contributed by atoms with van der Waals surface area (Å²) in [6.45, 7) is 2.42. The maximum absolute atomic E-state index is 12.4. The maximum Gasteiger partial charge on any atom is 0.243 e. The van der Waals surface area contributed by atoms with E-state index in [1.807, 2.05) is 19.1 Å². The van der Waals surface area contributed by atoms with Crippen molar-refractivity contribution < 1.29 is 8.42 Å². The summed E-state index contributed by atoms with van der Waals surface area (Å²) in [5.41, 5.74) is 1.07. The van der Waals surface area contributed by atoms with Gasteiger partial charge in [-0.05, 0) is 37.0 Å². The fourth-order valence-corrected chi connectivity index (χ4v) is 3.97. The molecule has 0 amide bonds. The van der Waals surface area contributed by atoms with Crippen LogP contribution in [0.2, 0.25) is 0 Å². The molecule has 2 rings (SSSR count). The van der Waals surface area contributed by atoms with Crippen molar-refractivity contribution >= 4 is 21.6 Å². The van der Waals surface area contributed by atoms with Crippen LogP contribution >= 0.6 is 11.6 Å². The lowest BCUT2D eigenvalue weighted by Gasteiger charge is -2.20. The van der Waals surface area contributed by atoms with Crippen molar-refractivity contribution in [2.45, 2.75) is 37.1 Å². The molecule has 1 fully saturated rings. The molecular weight excluding hydrogens is 270 g/mol. The summed E-state index contributed by atoms with van der Waals surface area (Å²) in [6, 6.07) is 7.26. The molecule has 1 aliphatic rings. The number of benzene rings is 1. The van der Waals surface area contributed by atoms with Crippen molar-refractivity contribution in [3.05, 3.63) is 29.8 Å². The van der Waals surface area contributed by atoms with E-state index in [2.05, 4.69) is 0 Å². The zero-order valence-electron chi connectivity index (χ0n) is 10.5. The van der Waals surface area contributed by atoms with Crippen LogP contribution in [0.3, 0.4) is 0 Å². The van der Waals surface area contributed by atoms with Crippen molar-refractivity contribution in [1.82, 2.24) is 4.31 Å². The van der Waals surface area contributed by atoms with Crippen LogP contribution in [0.4, 0.5) is 0 Å². The number of rotatable bonds is 6. The number of nitrogens with zero attached hydrogens (tertiary/aromatic N) is 1. The Hall–Kier alpha value is -0.580. The van der Waals surface area contributed by atoms with Gasteiger partial charge >= 0.3 is 0 Å². The topological polar surface area (TPSA) is 37.4 Å². The van der Waals surface area contributed by atoms with Crippen molar-refractivity contribution in [3.63, 3.8) is 0 Å². The molecule has 18 heavy (non-hydrogen) atoms. The van der Waals surface area contributed by atoms with Gasteiger partial charge in [-0.3, -0.25) is 0 Å². The Labute approximate surface area is 114 Å². The molecule has 0 heterocycles. The van der Waals surface area contributed by atoms with E-state index in [1.165, 1.54) is 0 Å². The first-order valence-electron chi connectivity index (χ1n) is 6.26. The highest BCUT2D eigenvalue weighted by molar-refractivity contribution is 7.89. The zero-order chi connectivity index (χ0) is 13.2. The standard InChI is InChI=1S/C13H18ClNO2S/c1-2-15(12-5-6-12)18(16,17)13-7-3-11(4-8-13)9-10-14/h3-4,7-8,12H,2,5-6,9-10H2,1H3. The lowest BCUT2D eigenvalue weighted by atomic mass is 10.2. The first kappa shape index (κ1) is 13.8. The average molecular weight is 288 g/mol. The molecule has 1 saturated carbocycles. The monoisotopic (exact) mass is 287 g/mol. The highest BCUT2D eigenvalue weighted by Crippen LogP contribution is 2.31. The Bertz CT molecular complexity index is 494. The average Bonchev–Trinajstić information content (AvgIpc) is 3.15. The Kier molecular flexibility index (Phi) is 4.30. The lowest BCUT2D eigenvalue weighted by molar-refractivity contribution is 0.421. The fraction of sp³-hybridized carbons (Fsp3) is 0.538. The van der Waals surface area contributed by atoms with Gasteiger partial charge in [0.2, 0.25) is 10.0 Å². The van der Waals surface area contributed by atoms with Crippen LogP contribution in [0.1, 0.15) is 25.3 Å². The van der Waals surface area contributed by atoms with E-state index in [9.17, 15) is 8.42 Å². The number of sulfonamides is 1. The van der Waals surface area contributed by atoms with Crippen LogP contribution in [-0.2, 0) is 16.4 Å². The second-order valence-electron chi connectivity index (χ2n) is 4.52. The minimum absolute atomic E-state index is 0.211. The summed E-state index contributed by atoms with van der Waals surface area (Å²) >= 11 is 5.66. The zero-order valence-corrected chi connectivity index (χ0v) is 12.0. The second kappa shape index (κ2) is 5.59. The SMILES string of the molecule is CCN(C1CC1)S(=O)(=O)c1ccc(CCCl)cc1. The molecular formula is C13H18ClNO2S. The molecule has 1 aromatic rings. The van der Waals surface area contributed by atoms with Crippen LogP contribution < -0.4 is 0 Å². The quantitative estimate of drug-likeness (QED) is 0.754. The van der Waals surface area contributed by atoms with Gasteiger partial charge in [-0.15, -0.1) is 11.6 Å². The Balaban J connectivity index is 2.23. The van der Waals surface area contributed by atoms with Crippen LogP contribution in [-0.4, -0.2) is 31.2 Å². The molecule has 0 aromatic heterocycles. The van der Waals surface area contributed by atoms with Crippen molar-refractivity contribution in [2.75, 3.05) is 12.4 Å². The molecule has 1 aromatic carbocycles. The Morgan fingerprint density at radius 2 is 1.89 bits per heavy atom. The predicted molar refractivity (Wildman–Crippen MR) is 73.5 cm³/mol. The molecule has 0 radical (unpaired) electrons. The van der Waals surface area contributed by atoms with E-state index in [-0.39, 0.29) is 6.04 Å². The van der Waals surface area contributed by atoms with Gasteiger partial charge in [-0.2, -0.15) is 4.31 Å². The minimum Gasteiger partial charge on any atom is -0.207 e. The van der Waals surface area contributed by atoms with Gasteiger partial charge < -0.3 is 0 Å². The smallest absolute Gasteiger partial charge is 0.207 e. The number of aryl methyl sites for hydroxylation is 1. The molecule has 100 valence electrons. The van der Waals surface area contributed by atoms with Gasteiger partial charge in [-0.1, -0.05) is 19.1 Å². The van der Waals surface area contributed by atoms with Gasteiger partial charge in [0.25, 0.3) is 0 Å². The molecule has 0 bridgehead atoms. The number of hydrogen-bond donors (Lipinski definition) is 0. The number of halogens is 1. The van der Waals surface area contributed by atoms with Gasteiger partial charge in [0, 0.05) is 18.5 Å². The predicted octanol–water partition coefficient (Wildman–Crippen LogP) is 2.64. The molecule has 0 atom stereocenters. The van der Waals surface area contributed by atoms with E-state index in [4.69, 9.17) is 11.6 Å². The molecule has 0 N–H and O–H groups in total. The van der Waals surface area contributed by atoms with Gasteiger partial charge in [0.05, 0.1) is 4.90 Å². The summed E-state index contributed by atoms with van der Waals surface area (Å²) in [5.74, 6) is 0.551. The Morgan fingerprint density at radius 3 is 2.33 bits per heavy atom. The van der Waals surface area contributed by atoms with E-state index >= 15 is 0 Å². The summed E-state index contributed by atoms with van der Waals surface area (Å²) < 4.78 is 26.4. The first-order valence-corrected chi connectivity index (χ1v) is 8.23. The summed E-state index contributed by atoms with van der Waals surface area (Å²) in [6.07, 6.45) is 2.73. The highest BCUT2D eigenvalue weighted by atomic mass is 35.5. The molecule has 0 spiro atoms. The third-order valence-corrected chi connectivity index (χ3v) is 5.41. The van der Waals surface area contributed by atoms with E-state index in [0.717, 1.165) is 24.8 Å². The third-order valence-electron chi connectivity index (χ3n) is 3.18. The third kappa shape index (κ3) is 2.87. The van der Waals surface area contributed by atoms with Crippen molar-refractivity contribution in [2.24, 2.45) is 0 Å². The van der Waals surface area contributed by atoms with Crippen molar-refractivity contribution in [1.29, 1.82) is 0 Å². The molecule has 0 aliphatic heterocycles. The van der Waals surface area contributed by atoms with E-state index < -0.39 is 10.0 Å². The Morgan fingerprint density at radius 1 is 1.28 bits per heavy atom. The largest absolute Gasteiger partial charge is 0.243 e. The lowest BCUT2D eigenvalue weighted by Crippen LogP contribution is -2.32. The second-order valence-corrected chi connectivity index (χ2v) is 6.79. The molecule has 0 saturated heterocycles. The fourth-order valence-electron chi connectivity index (χ4n) is 2.06. The van der Waals surface area contributed by atoms with Crippen molar-refractivity contribution in [3.8, 4) is 0 Å².